The number of nitrogens with one attached hydrogen (secondary N) is 1. The van der Waals surface area contributed by atoms with Crippen molar-refractivity contribution in [3.63, 3.8) is 0 Å². The van der Waals surface area contributed by atoms with Gasteiger partial charge in [0.15, 0.2) is 0 Å². The summed E-state index contributed by atoms with van der Waals surface area (Å²) < 4.78 is 11.3. The Morgan fingerprint density at radius 3 is 2.49 bits per heavy atom. The number of H-pyrrole nitrogens is 1. The molecule has 194 valence electrons. The number of hydrogen-bond acceptors (Lipinski definition) is 5. The van der Waals surface area contributed by atoms with E-state index < -0.39 is 0 Å². The van der Waals surface area contributed by atoms with Crippen LogP contribution in [0.5, 0.6) is 0 Å². The lowest BCUT2D eigenvalue weighted by Crippen LogP contribution is -2.38. The second-order valence-electron chi connectivity index (χ2n) is 10.5. The van der Waals surface area contributed by atoms with Crippen molar-refractivity contribution in [1.82, 2.24) is 10.2 Å². The van der Waals surface area contributed by atoms with E-state index >= 15 is 0 Å². The van der Waals surface area contributed by atoms with E-state index in [1.165, 1.54) is 12.8 Å². The second-order valence-corrected chi connectivity index (χ2v) is 11.3. The van der Waals surface area contributed by atoms with Crippen molar-refractivity contribution in [1.29, 1.82) is 0 Å². The van der Waals surface area contributed by atoms with Crippen LogP contribution >= 0.6 is 23.2 Å². The summed E-state index contributed by atoms with van der Waals surface area (Å²) in [5, 5.41) is 9.19. The number of nitrogens with zero attached hydrogens (tertiary/aromatic N) is 2. The van der Waals surface area contributed by atoms with Crippen LogP contribution in [0.25, 0.3) is 11.1 Å². The number of esters is 1. The number of ether oxygens (including phenoxy) is 2. The lowest BCUT2D eigenvalue weighted by molar-refractivity contribution is -0.140. The van der Waals surface area contributed by atoms with Crippen LogP contribution < -0.4 is 4.90 Å². The fraction of sp³-hybridized carbons (Fsp3) is 0.448. The van der Waals surface area contributed by atoms with Gasteiger partial charge in [-0.25, -0.2) is 0 Å². The summed E-state index contributed by atoms with van der Waals surface area (Å²) in [6, 6.07) is 14.7. The van der Waals surface area contributed by atoms with Gasteiger partial charge >= 0.3 is 5.97 Å². The molecule has 1 aromatic heterocycles. The zero-order chi connectivity index (χ0) is 25.5. The van der Waals surface area contributed by atoms with E-state index in [2.05, 4.69) is 39.4 Å². The van der Waals surface area contributed by atoms with Gasteiger partial charge in [0.2, 0.25) is 0 Å². The fourth-order valence-electron chi connectivity index (χ4n) is 5.99. The molecule has 3 aliphatic rings. The molecule has 2 aromatic carbocycles. The number of aromatic nitrogens is 2. The van der Waals surface area contributed by atoms with Crippen molar-refractivity contribution in [2.75, 3.05) is 18.6 Å². The number of benzene rings is 2. The number of anilines is 1. The Kier molecular flexibility index (Phi) is 6.91. The number of aromatic amines is 1. The first kappa shape index (κ1) is 24.8. The minimum Gasteiger partial charge on any atom is -0.469 e. The molecule has 2 heterocycles. The first-order valence-electron chi connectivity index (χ1n) is 13.1. The lowest BCUT2D eigenvalue weighted by atomic mass is 10.0. The average Bonchev–Trinajstić information content (AvgIpc) is 3.36. The zero-order valence-corrected chi connectivity index (χ0v) is 22.4. The second kappa shape index (κ2) is 10.3. The maximum Gasteiger partial charge on any atom is 0.305 e. The number of hydrogen-bond donors (Lipinski definition) is 1. The fourth-order valence-corrected chi connectivity index (χ4v) is 6.57. The third kappa shape index (κ3) is 4.99. The summed E-state index contributed by atoms with van der Waals surface area (Å²) in [6.45, 7) is 1.47. The predicted molar refractivity (Wildman–Crippen MR) is 145 cm³/mol. The molecule has 1 N–H and O–H groups in total. The monoisotopic (exact) mass is 539 g/mol. The maximum atomic E-state index is 11.4. The van der Waals surface area contributed by atoms with Crippen molar-refractivity contribution in [2.45, 2.75) is 63.2 Å². The Morgan fingerprint density at radius 1 is 1.08 bits per heavy atom. The standard InChI is InChI=1S/C29H31Cl2N3O3/c1-36-26(35)12-7-17-5-10-20(11-6-17)34-15-19-13-21(34)14-25(19)37-16-24-28(29(33-32-24)18-8-9-18)27-22(30)3-2-4-23(27)31/h2-6,10-11,18-19,21,25H,7-9,12-16H2,1H3,(H,32,33)/t19-,21-,25+/m0/s1. The van der Waals surface area contributed by atoms with Gasteiger partial charge in [-0.05, 0) is 61.9 Å². The number of aryl methyl sites for hydroxylation is 1. The summed E-state index contributed by atoms with van der Waals surface area (Å²) in [5.41, 5.74) is 6.29. The molecule has 2 aliphatic carbocycles. The highest BCUT2D eigenvalue weighted by atomic mass is 35.5. The number of methoxy groups -OCH3 is 1. The van der Waals surface area contributed by atoms with E-state index in [1.54, 1.807) is 0 Å². The third-order valence-corrected chi connectivity index (χ3v) is 8.71. The summed E-state index contributed by atoms with van der Waals surface area (Å²) in [7, 11) is 1.43. The molecule has 3 fully saturated rings. The molecule has 2 saturated carbocycles. The van der Waals surface area contributed by atoms with Gasteiger partial charge in [0.1, 0.15) is 0 Å². The van der Waals surface area contributed by atoms with Crippen molar-refractivity contribution >= 4 is 34.9 Å². The van der Waals surface area contributed by atoms with E-state index in [4.69, 9.17) is 32.7 Å². The molecule has 0 amide bonds. The van der Waals surface area contributed by atoms with Crippen molar-refractivity contribution in [3.05, 3.63) is 69.5 Å². The van der Waals surface area contributed by atoms with Crippen LogP contribution in [0.3, 0.4) is 0 Å². The Bertz CT molecular complexity index is 1270. The SMILES string of the molecule is COC(=O)CCc1ccc(N2C[C@@H]3C[C@H]2C[C@H]3OCc2[nH]nc(C3CC3)c2-c2c(Cl)cccc2Cl)cc1. The average molecular weight is 540 g/mol. The van der Waals surface area contributed by atoms with E-state index in [9.17, 15) is 4.79 Å². The Balaban J connectivity index is 1.10. The van der Waals surface area contributed by atoms with Gasteiger partial charge in [-0.3, -0.25) is 9.89 Å². The van der Waals surface area contributed by atoms with E-state index in [-0.39, 0.29) is 12.1 Å². The molecule has 37 heavy (non-hydrogen) atoms. The van der Waals surface area contributed by atoms with E-state index in [0.29, 0.717) is 47.4 Å². The topological polar surface area (TPSA) is 67.4 Å². The van der Waals surface area contributed by atoms with Gasteiger partial charge in [-0.2, -0.15) is 5.10 Å². The zero-order valence-electron chi connectivity index (χ0n) is 20.9. The molecule has 0 spiro atoms. The smallest absolute Gasteiger partial charge is 0.305 e. The van der Waals surface area contributed by atoms with Crippen LogP contribution in [0, 0.1) is 5.92 Å². The number of carbonyl (C=O) groups is 1. The number of halogens is 2. The molecular weight excluding hydrogens is 509 g/mol. The highest BCUT2D eigenvalue weighted by Gasteiger charge is 2.45. The van der Waals surface area contributed by atoms with Gasteiger partial charge in [0.05, 0.1) is 41.3 Å². The van der Waals surface area contributed by atoms with Crippen molar-refractivity contribution in [2.24, 2.45) is 5.92 Å². The third-order valence-electron chi connectivity index (χ3n) is 8.08. The molecule has 6 nitrogen and oxygen atoms in total. The molecule has 3 aromatic rings. The van der Waals surface area contributed by atoms with Crippen LogP contribution in [0.4, 0.5) is 5.69 Å². The van der Waals surface area contributed by atoms with E-state index in [1.807, 2.05) is 18.2 Å². The molecule has 1 saturated heterocycles. The molecular formula is C29H31Cl2N3O3. The molecule has 2 bridgehead atoms. The number of piperidine rings is 1. The molecule has 6 rings (SSSR count). The highest BCUT2D eigenvalue weighted by Crippen LogP contribution is 2.48. The van der Waals surface area contributed by atoms with Crippen LogP contribution in [0.2, 0.25) is 10.0 Å². The summed E-state index contributed by atoms with van der Waals surface area (Å²) in [6.07, 6.45) is 5.79. The number of fused-ring (bicyclic) bond motifs is 2. The predicted octanol–water partition coefficient (Wildman–Crippen LogP) is 6.55. The minimum absolute atomic E-state index is 0.173. The molecule has 0 radical (unpaired) electrons. The number of carbonyl (C=O) groups excluding carboxylic acids is 1. The molecule has 3 atom stereocenters. The normalized spacial score (nSPS) is 22.6. The van der Waals surface area contributed by atoms with Gasteiger partial charge in [0, 0.05) is 47.7 Å². The van der Waals surface area contributed by atoms with Crippen molar-refractivity contribution in [3.8, 4) is 11.1 Å². The van der Waals surface area contributed by atoms with Gasteiger partial charge in [0.25, 0.3) is 0 Å². The first-order chi connectivity index (χ1) is 18.0. The van der Waals surface area contributed by atoms with Crippen LogP contribution in [0.1, 0.15) is 55.0 Å². The largest absolute Gasteiger partial charge is 0.469 e. The van der Waals surface area contributed by atoms with Gasteiger partial charge in [-0.15, -0.1) is 0 Å². The minimum atomic E-state index is -0.173. The Hall–Kier alpha value is -2.54. The Labute approximate surface area is 227 Å². The van der Waals surface area contributed by atoms with Crippen LogP contribution in [0.15, 0.2) is 42.5 Å². The maximum absolute atomic E-state index is 11.4. The van der Waals surface area contributed by atoms with Gasteiger partial charge < -0.3 is 14.4 Å². The summed E-state index contributed by atoms with van der Waals surface area (Å²) in [5.74, 6) is 0.797. The van der Waals surface area contributed by atoms with Crippen molar-refractivity contribution < 1.29 is 14.3 Å². The highest BCUT2D eigenvalue weighted by molar-refractivity contribution is 6.39. The summed E-state index contributed by atoms with van der Waals surface area (Å²) in [4.78, 5) is 13.9. The summed E-state index contributed by atoms with van der Waals surface area (Å²) >= 11 is 13.2. The molecule has 0 unspecified atom stereocenters. The van der Waals surface area contributed by atoms with E-state index in [0.717, 1.165) is 60.3 Å². The number of rotatable bonds is 9. The lowest BCUT2D eigenvalue weighted by Gasteiger charge is -2.33. The van der Waals surface area contributed by atoms with Gasteiger partial charge in [-0.1, -0.05) is 41.4 Å². The Morgan fingerprint density at radius 2 is 1.84 bits per heavy atom. The molecule has 1 aliphatic heterocycles. The van der Waals surface area contributed by atoms with Crippen LogP contribution in [-0.4, -0.2) is 42.0 Å². The molecule has 8 heteroatoms. The quantitative estimate of drug-likeness (QED) is 0.312. The van der Waals surface area contributed by atoms with Crippen LogP contribution in [-0.2, 0) is 27.3 Å². The first-order valence-corrected chi connectivity index (χ1v) is 13.8.